The summed E-state index contributed by atoms with van der Waals surface area (Å²) in [5.41, 5.74) is 0.859. The van der Waals surface area contributed by atoms with Gasteiger partial charge in [-0.3, -0.25) is 4.90 Å². The van der Waals surface area contributed by atoms with Gasteiger partial charge in [0.05, 0.1) is 18.6 Å². The highest BCUT2D eigenvalue weighted by Gasteiger charge is 2.30. The van der Waals surface area contributed by atoms with Gasteiger partial charge in [-0.15, -0.1) is 11.8 Å². The summed E-state index contributed by atoms with van der Waals surface area (Å²) in [6, 6.07) is 9.69. The van der Waals surface area contributed by atoms with E-state index >= 15 is 0 Å². The van der Waals surface area contributed by atoms with Gasteiger partial charge >= 0.3 is 12.1 Å². The van der Waals surface area contributed by atoms with Gasteiger partial charge in [-0.2, -0.15) is 0 Å². The van der Waals surface area contributed by atoms with Crippen LogP contribution in [0, 0.1) is 11.8 Å². The molecule has 158 valence electrons. The molecule has 0 radical (unpaired) electrons. The molecule has 29 heavy (non-hydrogen) atoms. The Balaban J connectivity index is 1.48. The third kappa shape index (κ3) is 6.51. The first-order valence-corrected chi connectivity index (χ1v) is 11.0. The molecular formula is C22H29NO5S. The molecule has 6 nitrogen and oxygen atoms in total. The standard InChI is InChI=1S/C22H29NO5S/c1-16-7-12-20(29-16)23(19-5-3-2-4-6-19)22(26)28-14-18-10-8-17(9-11-18)13-27-15-21(24)25/h2-7,17-18,20H,8-15H2,1H3,(H,24,25). The number of rotatable bonds is 8. The van der Waals surface area contributed by atoms with E-state index < -0.39 is 5.97 Å². The number of aliphatic carboxylic acids is 1. The number of benzene rings is 1. The third-order valence-corrected chi connectivity index (χ3v) is 6.65. The molecule has 3 rings (SSSR count). The number of carbonyl (C=O) groups is 2. The molecule has 1 aromatic carbocycles. The van der Waals surface area contributed by atoms with Crippen molar-refractivity contribution < 1.29 is 24.2 Å². The second-order valence-electron chi connectivity index (χ2n) is 7.70. The monoisotopic (exact) mass is 419 g/mol. The molecule has 0 saturated heterocycles. The maximum absolute atomic E-state index is 12.9. The van der Waals surface area contributed by atoms with Gasteiger partial charge in [-0.1, -0.05) is 24.3 Å². The lowest BCUT2D eigenvalue weighted by Gasteiger charge is -2.31. The van der Waals surface area contributed by atoms with Crippen molar-refractivity contribution in [3.05, 3.63) is 41.3 Å². The van der Waals surface area contributed by atoms with Crippen molar-refractivity contribution in [2.45, 2.75) is 44.4 Å². The van der Waals surface area contributed by atoms with E-state index in [1.54, 1.807) is 16.7 Å². The maximum atomic E-state index is 12.9. The number of thioether (sulfide) groups is 1. The van der Waals surface area contributed by atoms with Crippen LogP contribution in [-0.4, -0.2) is 42.4 Å². The lowest BCUT2D eigenvalue weighted by molar-refractivity contribution is -0.142. The van der Waals surface area contributed by atoms with Crippen LogP contribution in [0.5, 0.6) is 0 Å². The van der Waals surface area contributed by atoms with E-state index in [1.165, 1.54) is 4.91 Å². The van der Waals surface area contributed by atoms with Crippen LogP contribution in [0.15, 0.2) is 41.3 Å². The minimum absolute atomic E-state index is 0.0343. The second-order valence-corrected chi connectivity index (χ2v) is 9.12. The fourth-order valence-corrected chi connectivity index (χ4v) is 4.98. The SMILES string of the molecule is CC1=CCC(N(C(=O)OCC2CCC(COCC(=O)O)CC2)c2ccccc2)S1. The fourth-order valence-electron chi connectivity index (χ4n) is 3.85. The molecule has 0 aromatic heterocycles. The molecule has 7 heteroatoms. The predicted molar refractivity (Wildman–Crippen MR) is 114 cm³/mol. The highest BCUT2D eigenvalue weighted by atomic mass is 32.2. The highest BCUT2D eigenvalue weighted by molar-refractivity contribution is 8.04. The molecule has 1 fully saturated rings. The molecule has 1 saturated carbocycles. The van der Waals surface area contributed by atoms with Gasteiger partial charge in [0.15, 0.2) is 0 Å². The van der Waals surface area contributed by atoms with E-state index in [2.05, 4.69) is 13.0 Å². The molecule has 1 aliphatic heterocycles. The number of nitrogens with zero attached hydrogens (tertiary/aromatic N) is 1. The van der Waals surface area contributed by atoms with Crippen LogP contribution in [0.4, 0.5) is 10.5 Å². The molecule has 0 bridgehead atoms. The largest absolute Gasteiger partial charge is 0.480 e. The van der Waals surface area contributed by atoms with Crippen molar-refractivity contribution in [3.63, 3.8) is 0 Å². The Morgan fingerprint density at radius 3 is 2.34 bits per heavy atom. The van der Waals surface area contributed by atoms with Gasteiger partial charge in [0.1, 0.15) is 6.61 Å². The molecule has 0 spiro atoms. The van der Waals surface area contributed by atoms with Crippen molar-refractivity contribution in [1.82, 2.24) is 0 Å². The summed E-state index contributed by atoms with van der Waals surface area (Å²) in [4.78, 5) is 26.5. The quantitative estimate of drug-likeness (QED) is 0.646. The van der Waals surface area contributed by atoms with Gasteiger partial charge in [0.25, 0.3) is 0 Å². The van der Waals surface area contributed by atoms with E-state index in [0.717, 1.165) is 37.8 Å². The number of ether oxygens (including phenoxy) is 2. The lowest BCUT2D eigenvalue weighted by Crippen LogP contribution is -2.39. The second kappa shape index (κ2) is 10.7. The smallest absolute Gasteiger partial charge is 0.415 e. The molecule has 1 heterocycles. The Labute approximate surface area is 176 Å². The summed E-state index contributed by atoms with van der Waals surface area (Å²) in [7, 11) is 0. The van der Waals surface area contributed by atoms with E-state index in [9.17, 15) is 9.59 Å². The van der Waals surface area contributed by atoms with E-state index in [4.69, 9.17) is 14.6 Å². The zero-order valence-electron chi connectivity index (χ0n) is 16.8. The topological polar surface area (TPSA) is 76.1 Å². The Kier molecular flexibility index (Phi) is 8.00. The molecule has 2 aliphatic rings. The molecule has 1 N–H and O–H groups in total. The lowest BCUT2D eigenvalue weighted by atomic mass is 9.83. The van der Waals surface area contributed by atoms with Crippen LogP contribution < -0.4 is 4.90 Å². The molecule has 1 unspecified atom stereocenters. The average molecular weight is 420 g/mol. The summed E-state index contributed by atoms with van der Waals surface area (Å²) in [5, 5.41) is 8.68. The molecule has 1 aromatic rings. The van der Waals surface area contributed by atoms with Crippen molar-refractivity contribution in [2.75, 3.05) is 24.7 Å². The number of anilines is 1. The predicted octanol–water partition coefficient (Wildman–Crippen LogP) is 4.90. The van der Waals surface area contributed by atoms with Crippen molar-refractivity contribution in [3.8, 4) is 0 Å². The zero-order chi connectivity index (χ0) is 20.6. The van der Waals surface area contributed by atoms with Crippen LogP contribution in [0.2, 0.25) is 0 Å². The number of carboxylic acid groups (broad SMARTS) is 1. The minimum Gasteiger partial charge on any atom is -0.480 e. The van der Waals surface area contributed by atoms with Crippen molar-refractivity contribution in [2.24, 2.45) is 11.8 Å². The molecule has 1 aliphatic carbocycles. The average Bonchev–Trinajstić information content (AvgIpc) is 3.14. The number of hydrogen-bond acceptors (Lipinski definition) is 5. The normalized spacial score (nSPS) is 24.0. The van der Waals surface area contributed by atoms with E-state index in [-0.39, 0.29) is 18.1 Å². The maximum Gasteiger partial charge on any atom is 0.415 e. The Hall–Kier alpha value is -1.99. The summed E-state index contributed by atoms with van der Waals surface area (Å²) in [6.45, 7) is 2.75. The van der Waals surface area contributed by atoms with Crippen LogP contribution in [0.3, 0.4) is 0 Å². The first-order valence-electron chi connectivity index (χ1n) is 10.2. The fraction of sp³-hybridized carbons (Fsp3) is 0.545. The zero-order valence-corrected chi connectivity index (χ0v) is 17.6. The first kappa shape index (κ1) is 21.7. The van der Waals surface area contributed by atoms with Gasteiger partial charge < -0.3 is 14.6 Å². The number of hydrogen-bond donors (Lipinski definition) is 1. The Morgan fingerprint density at radius 2 is 1.76 bits per heavy atom. The minimum atomic E-state index is -0.931. The van der Waals surface area contributed by atoms with Gasteiger partial charge in [0, 0.05) is 5.69 Å². The van der Waals surface area contributed by atoms with Gasteiger partial charge in [-0.25, -0.2) is 9.59 Å². The van der Waals surface area contributed by atoms with Crippen LogP contribution in [0.1, 0.15) is 39.0 Å². The Bertz CT molecular complexity index is 715. The van der Waals surface area contributed by atoms with Crippen LogP contribution in [-0.2, 0) is 14.3 Å². The summed E-state index contributed by atoms with van der Waals surface area (Å²) < 4.78 is 11.0. The number of carbonyl (C=O) groups excluding carboxylic acids is 1. The van der Waals surface area contributed by atoms with E-state index in [1.807, 2.05) is 30.3 Å². The van der Waals surface area contributed by atoms with Gasteiger partial charge in [0.2, 0.25) is 0 Å². The van der Waals surface area contributed by atoms with Crippen molar-refractivity contribution in [1.29, 1.82) is 0 Å². The number of carboxylic acids is 1. The number of allylic oxidation sites excluding steroid dienone is 1. The first-order chi connectivity index (χ1) is 14.0. The van der Waals surface area contributed by atoms with Crippen LogP contribution in [0.25, 0.3) is 0 Å². The highest BCUT2D eigenvalue weighted by Crippen LogP contribution is 2.37. The molecular weight excluding hydrogens is 390 g/mol. The number of amides is 1. The van der Waals surface area contributed by atoms with Gasteiger partial charge in [-0.05, 0) is 67.9 Å². The summed E-state index contributed by atoms with van der Waals surface area (Å²) >= 11 is 1.70. The van der Waals surface area contributed by atoms with Crippen molar-refractivity contribution >= 4 is 29.5 Å². The molecule has 1 amide bonds. The third-order valence-electron chi connectivity index (χ3n) is 5.44. The van der Waals surface area contributed by atoms with E-state index in [0.29, 0.717) is 25.0 Å². The van der Waals surface area contributed by atoms with Crippen LogP contribution >= 0.6 is 11.8 Å². The summed E-state index contributed by atoms with van der Waals surface area (Å²) in [6.07, 6.45) is 6.59. The number of para-hydroxylation sites is 1. The Morgan fingerprint density at radius 1 is 1.10 bits per heavy atom. The summed E-state index contributed by atoms with van der Waals surface area (Å²) in [5.74, 6) is -0.186. The molecule has 1 atom stereocenters.